The van der Waals surface area contributed by atoms with Gasteiger partial charge in [-0.1, -0.05) is 48.5 Å². The molecule has 0 amide bonds. The van der Waals surface area contributed by atoms with Gasteiger partial charge in [-0.05, 0) is 56.9 Å². The first-order valence-electron chi connectivity index (χ1n) is 6.71. The first-order valence-corrected chi connectivity index (χ1v) is 7.50. The number of anilines is 1. The maximum absolute atomic E-state index is 3.63. The standard InChI is InChI=1S/C18H16BrN/c1-13-5-4-8-17(18(13)19)20-12-14-9-10-15-6-2-3-7-16(15)11-14/h2-11,20H,12H2,1H3. The minimum absolute atomic E-state index is 0.826. The van der Waals surface area contributed by atoms with Crippen LogP contribution in [-0.2, 0) is 6.54 Å². The van der Waals surface area contributed by atoms with Crippen LogP contribution in [0, 0.1) is 6.92 Å². The molecule has 0 radical (unpaired) electrons. The van der Waals surface area contributed by atoms with E-state index in [9.17, 15) is 0 Å². The van der Waals surface area contributed by atoms with Crippen LogP contribution in [0.25, 0.3) is 10.8 Å². The largest absolute Gasteiger partial charge is 0.380 e. The van der Waals surface area contributed by atoms with Crippen LogP contribution in [0.2, 0.25) is 0 Å². The summed E-state index contributed by atoms with van der Waals surface area (Å²) < 4.78 is 1.14. The fraction of sp³-hybridized carbons (Fsp3) is 0.111. The van der Waals surface area contributed by atoms with Gasteiger partial charge in [0.2, 0.25) is 0 Å². The average Bonchev–Trinajstić information content (AvgIpc) is 2.48. The Labute approximate surface area is 127 Å². The van der Waals surface area contributed by atoms with E-state index in [-0.39, 0.29) is 0 Å². The van der Waals surface area contributed by atoms with Crippen LogP contribution in [0.4, 0.5) is 5.69 Å². The zero-order valence-electron chi connectivity index (χ0n) is 11.4. The third-order valence-electron chi connectivity index (χ3n) is 3.49. The summed E-state index contributed by atoms with van der Waals surface area (Å²) in [4.78, 5) is 0. The van der Waals surface area contributed by atoms with Crippen LogP contribution in [0.5, 0.6) is 0 Å². The minimum Gasteiger partial charge on any atom is -0.380 e. The summed E-state index contributed by atoms with van der Waals surface area (Å²) >= 11 is 3.63. The molecule has 1 N–H and O–H groups in total. The molecule has 0 saturated carbocycles. The van der Waals surface area contributed by atoms with E-state index < -0.39 is 0 Å². The third-order valence-corrected chi connectivity index (χ3v) is 4.54. The predicted molar refractivity (Wildman–Crippen MR) is 90.2 cm³/mol. The van der Waals surface area contributed by atoms with Crippen molar-refractivity contribution < 1.29 is 0 Å². The van der Waals surface area contributed by atoms with Crippen molar-refractivity contribution in [3.63, 3.8) is 0 Å². The molecular weight excluding hydrogens is 310 g/mol. The normalized spacial score (nSPS) is 10.7. The van der Waals surface area contributed by atoms with Crippen molar-refractivity contribution in [2.24, 2.45) is 0 Å². The van der Waals surface area contributed by atoms with Crippen LogP contribution in [-0.4, -0.2) is 0 Å². The smallest absolute Gasteiger partial charge is 0.0490 e. The molecule has 0 bridgehead atoms. The van der Waals surface area contributed by atoms with E-state index in [0.29, 0.717) is 0 Å². The van der Waals surface area contributed by atoms with Crippen LogP contribution >= 0.6 is 15.9 Å². The van der Waals surface area contributed by atoms with E-state index in [4.69, 9.17) is 0 Å². The van der Waals surface area contributed by atoms with Gasteiger partial charge in [0.15, 0.2) is 0 Å². The van der Waals surface area contributed by atoms with Crippen LogP contribution in [0.15, 0.2) is 65.1 Å². The highest BCUT2D eigenvalue weighted by Gasteiger charge is 2.02. The summed E-state index contributed by atoms with van der Waals surface area (Å²) in [5, 5.41) is 6.06. The lowest BCUT2D eigenvalue weighted by Gasteiger charge is -2.11. The van der Waals surface area contributed by atoms with Crippen molar-refractivity contribution in [2.45, 2.75) is 13.5 Å². The summed E-state index contributed by atoms with van der Waals surface area (Å²) in [6, 6.07) is 21.3. The number of hydrogen-bond donors (Lipinski definition) is 1. The summed E-state index contributed by atoms with van der Waals surface area (Å²) in [6.07, 6.45) is 0. The molecule has 0 spiro atoms. The first kappa shape index (κ1) is 13.2. The Morgan fingerprint density at radius 2 is 1.70 bits per heavy atom. The third kappa shape index (κ3) is 2.70. The molecule has 2 heteroatoms. The quantitative estimate of drug-likeness (QED) is 0.668. The van der Waals surface area contributed by atoms with Gasteiger partial charge < -0.3 is 5.32 Å². The molecule has 0 aliphatic carbocycles. The lowest BCUT2D eigenvalue weighted by atomic mass is 10.1. The molecule has 0 unspecified atom stereocenters. The van der Waals surface area contributed by atoms with Gasteiger partial charge in [-0.15, -0.1) is 0 Å². The molecular formula is C18H16BrN. The molecule has 3 aromatic rings. The summed E-state index contributed by atoms with van der Waals surface area (Å²) in [5.74, 6) is 0. The van der Waals surface area contributed by atoms with E-state index in [1.54, 1.807) is 0 Å². The Hall–Kier alpha value is -1.80. The molecule has 20 heavy (non-hydrogen) atoms. The van der Waals surface area contributed by atoms with Crippen molar-refractivity contribution in [3.05, 3.63) is 76.3 Å². The summed E-state index contributed by atoms with van der Waals surface area (Å²) in [6.45, 7) is 2.93. The van der Waals surface area contributed by atoms with E-state index in [1.165, 1.54) is 21.9 Å². The highest BCUT2D eigenvalue weighted by molar-refractivity contribution is 9.10. The zero-order valence-corrected chi connectivity index (χ0v) is 12.9. The van der Waals surface area contributed by atoms with Gasteiger partial charge >= 0.3 is 0 Å². The van der Waals surface area contributed by atoms with Gasteiger partial charge in [0.05, 0.1) is 0 Å². The molecule has 0 saturated heterocycles. The summed E-state index contributed by atoms with van der Waals surface area (Å²) in [7, 11) is 0. The highest BCUT2D eigenvalue weighted by atomic mass is 79.9. The van der Waals surface area contributed by atoms with Crippen LogP contribution in [0.1, 0.15) is 11.1 Å². The zero-order chi connectivity index (χ0) is 13.9. The Balaban J connectivity index is 1.81. The maximum Gasteiger partial charge on any atom is 0.0490 e. The summed E-state index contributed by atoms with van der Waals surface area (Å²) in [5.41, 5.74) is 3.67. The molecule has 0 aliphatic heterocycles. The fourth-order valence-electron chi connectivity index (χ4n) is 2.33. The molecule has 0 fully saturated rings. The Morgan fingerprint density at radius 1 is 0.900 bits per heavy atom. The van der Waals surface area contributed by atoms with Gasteiger partial charge in [0.25, 0.3) is 0 Å². The monoisotopic (exact) mass is 325 g/mol. The van der Waals surface area contributed by atoms with Gasteiger partial charge in [-0.3, -0.25) is 0 Å². The van der Waals surface area contributed by atoms with Crippen LogP contribution < -0.4 is 5.32 Å². The average molecular weight is 326 g/mol. The first-order chi connectivity index (χ1) is 9.74. The van der Waals surface area contributed by atoms with Gasteiger partial charge in [0.1, 0.15) is 0 Å². The number of benzene rings is 3. The predicted octanol–water partition coefficient (Wildman–Crippen LogP) is 5.52. The van der Waals surface area contributed by atoms with Crippen molar-refractivity contribution in [3.8, 4) is 0 Å². The van der Waals surface area contributed by atoms with Crippen molar-refractivity contribution >= 4 is 32.4 Å². The SMILES string of the molecule is Cc1cccc(NCc2ccc3ccccc3c2)c1Br. The Morgan fingerprint density at radius 3 is 2.55 bits per heavy atom. The molecule has 0 heterocycles. The topological polar surface area (TPSA) is 12.0 Å². The molecule has 0 atom stereocenters. The second-order valence-electron chi connectivity index (χ2n) is 4.97. The second kappa shape index (κ2) is 5.68. The fourth-order valence-corrected chi connectivity index (χ4v) is 2.73. The minimum atomic E-state index is 0.826. The van der Waals surface area contributed by atoms with Crippen molar-refractivity contribution in [1.82, 2.24) is 0 Å². The van der Waals surface area contributed by atoms with Gasteiger partial charge in [-0.25, -0.2) is 0 Å². The maximum atomic E-state index is 3.63. The van der Waals surface area contributed by atoms with Crippen molar-refractivity contribution in [2.75, 3.05) is 5.32 Å². The van der Waals surface area contributed by atoms with Gasteiger partial charge in [0, 0.05) is 16.7 Å². The highest BCUT2D eigenvalue weighted by Crippen LogP contribution is 2.26. The Bertz CT molecular complexity index is 749. The molecule has 0 aromatic heterocycles. The lowest BCUT2D eigenvalue weighted by Crippen LogP contribution is -2.00. The number of aryl methyl sites for hydroxylation is 1. The molecule has 3 rings (SSSR count). The van der Waals surface area contributed by atoms with E-state index >= 15 is 0 Å². The number of fused-ring (bicyclic) bond motifs is 1. The number of halogens is 1. The Kier molecular flexibility index (Phi) is 3.75. The van der Waals surface area contributed by atoms with E-state index in [2.05, 4.69) is 88.8 Å². The number of rotatable bonds is 3. The second-order valence-corrected chi connectivity index (χ2v) is 5.76. The van der Waals surface area contributed by atoms with E-state index in [1.807, 2.05) is 0 Å². The van der Waals surface area contributed by atoms with Crippen molar-refractivity contribution in [1.29, 1.82) is 0 Å². The van der Waals surface area contributed by atoms with Crippen LogP contribution in [0.3, 0.4) is 0 Å². The lowest BCUT2D eigenvalue weighted by molar-refractivity contribution is 1.15. The molecule has 100 valence electrons. The van der Waals surface area contributed by atoms with Gasteiger partial charge in [-0.2, -0.15) is 0 Å². The molecule has 1 nitrogen and oxygen atoms in total. The number of hydrogen-bond acceptors (Lipinski definition) is 1. The van der Waals surface area contributed by atoms with E-state index in [0.717, 1.165) is 16.7 Å². The number of nitrogens with one attached hydrogen (secondary N) is 1. The molecule has 0 aliphatic rings. The molecule has 3 aromatic carbocycles.